The van der Waals surface area contributed by atoms with Gasteiger partial charge in [0, 0.05) is 57.0 Å². The summed E-state index contributed by atoms with van der Waals surface area (Å²) in [6.45, 7) is 3.82. The van der Waals surface area contributed by atoms with Crippen LogP contribution in [0.2, 0.25) is 0 Å². The fourth-order valence-electron chi connectivity index (χ4n) is 3.45. The van der Waals surface area contributed by atoms with Gasteiger partial charge in [-0.2, -0.15) is 22.0 Å². The zero-order valence-electron chi connectivity index (χ0n) is 16.2. The van der Waals surface area contributed by atoms with E-state index in [0.29, 0.717) is 70.5 Å². The van der Waals surface area contributed by atoms with Crippen LogP contribution < -0.4 is 0 Å². The number of piperazine rings is 1. The van der Waals surface area contributed by atoms with E-state index in [1.54, 1.807) is 12.1 Å². The number of hydrogen-bond donors (Lipinski definition) is 0. The molecular weight excluding hydrogens is 416 g/mol. The number of nitro benzene ring substituents is 1. The Morgan fingerprint density at radius 1 is 1.07 bits per heavy atom. The summed E-state index contributed by atoms with van der Waals surface area (Å²) in [5.41, 5.74) is 0.456. The van der Waals surface area contributed by atoms with Crippen LogP contribution in [0.15, 0.2) is 28.8 Å². The van der Waals surface area contributed by atoms with Crippen molar-refractivity contribution in [1.29, 1.82) is 0 Å². The standard InChI is InChI=1S/C17H22N6O6S/c24-23(25)15-3-1-2-14(12-15)17-18-16(29-19-17)13-20-4-6-21(7-5-20)30(26,27)22-8-10-28-11-9-22/h1-3,12H,4-11,13H2. The summed E-state index contributed by atoms with van der Waals surface area (Å²) in [6.07, 6.45) is 0. The number of nitrogens with zero attached hydrogens (tertiary/aromatic N) is 6. The number of aromatic nitrogens is 2. The minimum Gasteiger partial charge on any atom is -0.379 e. The van der Waals surface area contributed by atoms with E-state index in [-0.39, 0.29) is 11.5 Å². The Bertz CT molecular complexity index is 998. The second kappa shape index (κ2) is 8.73. The van der Waals surface area contributed by atoms with Crippen molar-refractivity contribution in [3.63, 3.8) is 0 Å². The van der Waals surface area contributed by atoms with E-state index >= 15 is 0 Å². The van der Waals surface area contributed by atoms with Crippen molar-refractivity contribution in [2.24, 2.45) is 0 Å². The van der Waals surface area contributed by atoms with E-state index in [2.05, 4.69) is 10.1 Å². The van der Waals surface area contributed by atoms with Crippen LogP contribution in [0.4, 0.5) is 5.69 Å². The van der Waals surface area contributed by atoms with Crippen molar-refractivity contribution in [1.82, 2.24) is 23.7 Å². The number of benzene rings is 1. The second-order valence-electron chi connectivity index (χ2n) is 7.01. The minimum absolute atomic E-state index is 0.0450. The second-order valence-corrected chi connectivity index (χ2v) is 8.94. The SMILES string of the molecule is O=[N+]([O-])c1cccc(-c2noc(CN3CCN(S(=O)(=O)N4CCOCC4)CC3)n2)c1. The van der Waals surface area contributed by atoms with Crippen molar-refractivity contribution in [3.8, 4) is 11.4 Å². The summed E-state index contributed by atoms with van der Waals surface area (Å²) < 4.78 is 38.9. The Kier molecular flexibility index (Phi) is 6.06. The van der Waals surface area contributed by atoms with Crippen molar-refractivity contribution in [2.75, 3.05) is 52.5 Å². The van der Waals surface area contributed by atoms with Gasteiger partial charge in [0.25, 0.3) is 15.9 Å². The van der Waals surface area contributed by atoms with Gasteiger partial charge in [-0.1, -0.05) is 17.3 Å². The number of ether oxygens (including phenoxy) is 1. The van der Waals surface area contributed by atoms with E-state index in [1.165, 1.54) is 20.7 Å². The lowest BCUT2D eigenvalue weighted by atomic mass is 10.2. The van der Waals surface area contributed by atoms with Gasteiger partial charge < -0.3 is 9.26 Å². The van der Waals surface area contributed by atoms with Crippen molar-refractivity contribution < 1.29 is 22.6 Å². The summed E-state index contributed by atoms with van der Waals surface area (Å²) in [7, 11) is -3.47. The first-order chi connectivity index (χ1) is 14.4. The largest absolute Gasteiger partial charge is 0.379 e. The molecule has 0 saturated carbocycles. The maximum absolute atomic E-state index is 12.7. The van der Waals surface area contributed by atoms with Gasteiger partial charge in [-0.25, -0.2) is 0 Å². The zero-order chi connectivity index (χ0) is 21.1. The molecule has 0 N–H and O–H groups in total. The molecule has 0 bridgehead atoms. The van der Waals surface area contributed by atoms with Gasteiger partial charge in [-0.3, -0.25) is 15.0 Å². The Balaban J connectivity index is 1.35. The van der Waals surface area contributed by atoms with Crippen molar-refractivity contribution >= 4 is 15.9 Å². The van der Waals surface area contributed by atoms with Crippen LogP contribution in [0.25, 0.3) is 11.4 Å². The van der Waals surface area contributed by atoms with Gasteiger partial charge in [-0.15, -0.1) is 0 Å². The number of non-ortho nitro benzene ring substituents is 1. The normalized spacial score (nSPS) is 19.7. The molecule has 2 aliphatic rings. The van der Waals surface area contributed by atoms with Crippen molar-refractivity contribution in [2.45, 2.75) is 6.54 Å². The molecule has 13 heteroatoms. The zero-order valence-corrected chi connectivity index (χ0v) is 17.0. The molecule has 0 unspecified atom stereocenters. The molecular formula is C17H22N6O6S. The molecule has 0 amide bonds. The first kappa shape index (κ1) is 20.8. The average molecular weight is 438 g/mol. The van der Waals surface area contributed by atoms with Crippen LogP contribution in [0.5, 0.6) is 0 Å². The number of morpholine rings is 1. The summed E-state index contributed by atoms with van der Waals surface area (Å²) in [5, 5.41) is 14.8. The molecule has 1 aromatic heterocycles. The quantitative estimate of drug-likeness (QED) is 0.462. The summed E-state index contributed by atoms with van der Waals surface area (Å²) >= 11 is 0. The van der Waals surface area contributed by atoms with Gasteiger partial charge in [-0.05, 0) is 0 Å². The third-order valence-electron chi connectivity index (χ3n) is 5.10. The van der Waals surface area contributed by atoms with Crippen molar-refractivity contribution in [3.05, 3.63) is 40.3 Å². The smallest absolute Gasteiger partial charge is 0.282 e. The summed E-state index contributed by atoms with van der Waals surface area (Å²) in [5.74, 6) is 0.656. The highest BCUT2D eigenvalue weighted by Crippen LogP contribution is 2.22. The summed E-state index contributed by atoms with van der Waals surface area (Å²) in [6, 6.07) is 6.04. The minimum atomic E-state index is -3.47. The van der Waals surface area contributed by atoms with Gasteiger partial charge in [0.1, 0.15) is 0 Å². The average Bonchev–Trinajstić information content (AvgIpc) is 3.23. The number of nitro groups is 1. The van der Waals surface area contributed by atoms with E-state index in [1.807, 2.05) is 4.90 Å². The topological polar surface area (TPSA) is 135 Å². The van der Waals surface area contributed by atoms with Crippen LogP contribution in [0, 0.1) is 10.1 Å². The molecule has 3 heterocycles. The molecule has 0 radical (unpaired) electrons. The van der Waals surface area contributed by atoms with E-state index in [4.69, 9.17) is 9.26 Å². The molecule has 1 aromatic carbocycles. The molecule has 0 spiro atoms. The summed E-state index contributed by atoms with van der Waals surface area (Å²) in [4.78, 5) is 16.8. The highest BCUT2D eigenvalue weighted by atomic mass is 32.2. The lowest BCUT2D eigenvalue weighted by Crippen LogP contribution is -2.54. The highest BCUT2D eigenvalue weighted by molar-refractivity contribution is 7.86. The molecule has 12 nitrogen and oxygen atoms in total. The maximum Gasteiger partial charge on any atom is 0.282 e. The Labute approximate surface area is 173 Å². The lowest BCUT2D eigenvalue weighted by molar-refractivity contribution is -0.384. The van der Waals surface area contributed by atoms with E-state index < -0.39 is 15.1 Å². The Morgan fingerprint density at radius 2 is 1.77 bits per heavy atom. The number of rotatable bonds is 6. The lowest BCUT2D eigenvalue weighted by Gasteiger charge is -2.37. The van der Waals surface area contributed by atoms with Gasteiger partial charge in [0.2, 0.25) is 11.7 Å². The monoisotopic (exact) mass is 438 g/mol. The molecule has 162 valence electrons. The van der Waals surface area contributed by atoms with Crippen LogP contribution in [0.3, 0.4) is 0 Å². The molecule has 4 rings (SSSR count). The fraction of sp³-hybridized carbons (Fsp3) is 0.529. The predicted octanol–water partition coefficient (Wildman–Crippen LogP) is 0.339. The first-order valence-electron chi connectivity index (χ1n) is 9.56. The molecule has 0 atom stereocenters. The van der Waals surface area contributed by atoms with Gasteiger partial charge >= 0.3 is 0 Å². The van der Waals surface area contributed by atoms with Crippen LogP contribution in [-0.2, 0) is 21.5 Å². The predicted molar refractivity (Wildman–Crippen MR) is 105 cm³/mol. The highest BCUT2D eigenvalue weighted by Gasteiger charge is 2.33. The molecule has 0 aliphatic carbocycles. The van der Waals surface area contributed by atoms with Crippen LogP contribution in [-0.4, -0.2) is 89.5 Å². The van der Waals surface area contributed by atoms with Gasteiger partial charge in [0.15, 0.2) is 0 Å². The van der Waals surface area contributed by atoms with Crippen LogP contribution >= 0.6 is 0 Å². The van der Waals surface area contributed by atoms with E-state index in [9.17, 15) is 18.5 Å². The molecule has 2 aromatic rings. The third-order valence-corrected chi connectivity index (χ3v) is 7.13. The van der Waals surface area contributed by atoms with Gasteiger partial charge in [0.05, 0.1) is 24.7 Å². The van der Waals surface area contributed by atoms with Crippen LogP contribution in [0.1, 0.15) is 5.89 Å². The molecule has 2 fully saturated rings. The Morgan fingerprint density at radius 3 is 2.47 bits per heavy atom. The maximum atomic E-state index is 12.7. The third kappa shape index (κ3) is 4.49. The van der Waals surface area contributed by atoms with E-state index in [0.717, 1.165) is 0 Å². The fourth-order valence-corrected chi connectivity index (χ4v) is 5.01. The Hall–Kier alpha value is -2.45. The molecule has 2 saturated heterocycles. The number of hydrogen-bond acceptors (Lipinski definition) is 9. The molecule has 2 aliphatic heterocycles. The first-order valence-corrected chi connectivity index (χ1v) is 11.0. The molecule has 30 heavy (non-hydrogen) atoms.